The van der Waals surface area contributed by atoms with Crippen molar-refractivity contribution in [3.63, 3.8) is 0 Å². The molecule has 0 aromatic heterocycles. The molecule has 0 spiro atoms. The van der Waals surface area contributed by atoms with E-state index in [2.05, 4.69) is 22.8 Å². The molecule has 0 saturated heterocycles. The molecule has 22 heavy (non-hydrogen) atoms. The smallest absolute Gasteiger partial charge is 0.235 e. The summed E-state index contributed by atoms with van der Waals surface area (Å²) < 4.78 is 0. The first-order valence-corrected chi connectivity index (χ1v) is 8.01. The van der Waals surface area contributed by atoms with Crippen molar-refractivity contribution in [2.45, 2.75) is 53.0 Å². The third-order valence-corrected chi connectivity index (χ3v) is 3.90. The highest BCUT2D eigenvalue weighted by molar-refractivity contribution is 6.04. The van der Waals surface area contributed by atoms with Gasteiger partial charge in [-0.2, -0.15) is 0 Å². The Balaban J connectivity index is 2.38. The Kier molecular flexibility index (Phi) is 7.09. The predicted octanol–water partition coefficient (Wildman–Crippen LogP) is 2.68. The molecule has 1 atom stereocenters. The highest BCUT2D eigenvalue weighted by atomic mass is 16.2. The number of carbonyl (C=O) groups excluding carboxylic acids is 2. The summed E-state index contributed by atoms with van der Waals surface area (Å²) in [6, 6.07) is 10.2. The van der Waals surface area contributed by atoms with E-state index >= 15 is 0 Å². The van der Waals surface area contributed by atoms with Gasteiger partial charge < -0.3 is 10.6 Å². The number of aryl methyl sites for hydroxylation is 1. The average Bonchev–Trinajstić information content (AvgIpc) is 2.51. The van der Waals surface area contributed by atoms with E-state index in [0.717, 1.165) is 19.3 Å². The van der Waals surface area contributed by atoms with Gasteiger partial charge in [0.2, 0.25) is 11.8 Å². The molecule has 2 N–H and O–H groups in total. The van der Waals surface area contributed by atoms with Gasteiger partial charge in [-0.1, -0.05) is 37.3 Å². The van der Waals surface area contributed by atoms with Gasteiger partial charge in [-0.3, -0.25) is 9.59 Å². The van der Waals surface area contributed by atoms with Crippen LogP contribution in [0.5, 0.6) is 0 Å². The van der Waals surface area contributed by atoms with E-state index in [4.69, 9.17) is 0 Å². The topological polar surface area (TPSA) is 58.2 Å². The van der Waals surface area contributed by atoms with Crippen LogP contribution in [0.1, 0.15) is 46.1 Å². The summed E-state index contributed by atoms with van der Waals surface area (Å²) in [7, 11) is 0. The molecule has 1 unspecified atom stereocenters. The van der Waals surface area contributed by atoms with Crippen molar-refractivity contribution in [3.8, 4) is 0 Å². The Hall–Kier alpha value is -1.84. The molecule has 4 heteroatoms. The predicted molar refractivity (Wildman–Crippen MR) is 89.4 cm³/mol. The maximum Gasteiger partial charge on any atom is 0.235 e. The second kappa shape index (κ2) is 8.57. The van der Waals surface area contributed by atoms with E-state index in [1.165, 1.54) is 5.56 Å². The number of hydrogen-bond acceptors (Lipinski definition) is 2. The number of nitrogens with one attached hydrogen (secondary N) is 2. The van der Waals surface area contributed by atoms with E-state index < -0.39 is 5.41 Å². The lowest BCUT2D eigenvalue weighted by molar-refractivity contribution is -0.141. The molecular weight excluding hydrogens is 276 g/mol. The van der Waals surface area contributed by atoms with Gasteiger partial charge in [0.15, 0.2) is 0 Å². The zero-order valence-corrected chi connectivity index (χ0v) is 14.1. The van der Waals surface area contributed by atoms with Gasteiger partial charge >= 0.3 is 0 Å². The molecule has 0 radical (unpaired) electrons. The molecule has 1 aromatic rings. The summed E-state index contributed by atoms with van der Waals surface area (Å²) >= 11 is 0. The molecule has 0 fully saturated rings. The normalized spacial score (nSPS) is 12.5. The first-order chi connectivity index (χ1) is 10.4. The minimum Gasteiger partial charge on any atom is -0.355 e. The molecule has 0 bridgehead atoms. The lowest BCUT2D eigenvalue weighted by Gasteiger charge is -2.24. The lowest BCUT2D eigenvalue weighted by atomic mass is 9.90. The van der Waals surface area contributed by atoms with Crippen LogP contribution < -0.4 is 10.6 Å². The van der Waals surface area contributed by atoms with E-state index in [1.807, 2.05) is 32.0 Å². The number of amides is 2. The third kappa shape index (κ3) is 5.51. The van der Waals surface area contributed by atoms with Gasteiger partial charge in [0.1, 0.15) is 5.41 Å². The highest BCUT2D eigenvalue weighted by Crippen LogP contribution is 2.16. The Morgan fingerprint density at radius 2 is 1.77 bits per heavy atom. The van der Waals surface area contributed by atoms with E-state index in [0.29, 0.717) is 6.54 Å². The largest absolute Gasteiger partial charge is 0.355 e. The Morgan fingerprint density at radius 1 is 1.14 bits per heavy atom. The van der Waals surface area contributed by atoms with Crippen molar-refractivity contribution in [2.24, 2.45) is 5.41 Å². The Labute approximate surface area is 133 Å². The summed E-state index contributed by atoms with van der Waals surface area (Å²) in [5.41, 5.74) is 0.210. The molecule has 0 aliphatic heterocycles. The summed E-state index contributed by atoms with van der Waals surface area (Å²) in [5, 5.41) is 5.73. The van der Waals surface area contributed by atoms with Crippen LogP contribution in [0.15, 0.2) is 30.3 Å². The van der Waals surface area contributed by atoms with Crippen LogP contribution in [-0.2, 0) is 16.0 Å². The van der Waals surface area contributed by atoms with Gasteiger partial charge in [-0.05, 0) is 45.6 Å². The van der Waals surface area contributed by atoms with E-state index in [-0.39, 0.29) is 17.9 Å². The molecule has 0 saturated carbocycles. The molecular formula is C18H28N2O2. The fourth-order valence-electron chi connectivity index (χ4n) is 1.97. The zero-order chi connectivity index (χ0) is 16.6. The van der Waals surface area contributed by atoms with Crippen molar-refractivity contribution in [3.05, 3.63) is 35.9 Å². The van der Waals surface area contributed by atoms with Crippen molar-refractivity contribution >= 4 is 11.8 Å². The first kappa shape index (κ1) is 18.2. The van der Waals surface area contributed by atoms with Gasteiger partial charge in [0.25, 0.3) is 0 Å². The molecule has 4 nitrogen and oxygen atoms in total. The summed E-state index contributed by atoms with van der Waals surface area (Å²) in [6.45, 7) is 7.84. The van der Waals surface area contributed by atoms with Crippen molar-refractivity contribution < 1.29 is 9.59 Å². The number of benzene rings is 1. The van der Waals surface area contributed by atoms with Crippen molar-refractivity contribution in [1.29, 1.82) is 0 Å². The fourth-order valence-corrected chi connectivity index (χ4v) is 1.97. The van der Waals surface area contributed by atoms with Crippen molar-refractivity contribution in [2.75, 3.05) is 6.54 Å². The van der Waals surface area contributed by atoms with Crippen molar-refractivity contribution in [1.82, 2.24) is 10.6 Å². The highest BCUT2D eigenvalue weighted by Gasteiger charge is 2.36. The maximum absolute atomic E-state index is 12.2. The van der Waals surface area contributed by atoms with Crippen LogP contribution in [0.3, 0.4) is 0 Å². The molecule has 1 rings (SSSR count). The number of rotatable bonds is 8. The van der Waals surface area contributed by atoms with Crippen LogP contribution >= 0.6 is 0 Å². The molecule has 2 amide bonds. The second-order valence-corrected chi connectivity index (χ2v) is 6.25. The zero-order valence-electron chi connectivity index (χ0n) is 14.1. The third-order valence-electron chi connectivity index (χ3n) is 3.90. The first-order valence-electron chi connectivity index (χ1n) is 8.01. The van der Waals surface area contributed by atoms with Crippen LogP contribution in [0.25, 0.3) is 0 Å². The van der Waals surface area contributed by atoms with E-state index in [1.54, 1.807) is 13.8 Å². The molecule has 0 heterocycles. The Bertz CT molecular complexity index is 483. The molecule has 122 valence electrons. The summed E-state index contributed by atoms with van der Waals surface area (Å²) in [6.07, 6.45) is 2.62. The standard InChI is InChI=1S/C18H28N2O2/c1-5-14(2)20-17(22)18(3,4)16(21)19-13-9-12-15-10-7-6-8-11-15/h6-8,10-11,14H,5,9,12-13H2,1-4H3,(H,19,21)(H,20,22). The molecule has 1 aromatic carbocycles. The Morgan fingerprint density at radius 3 is 2.36 bits per heavy atom. The number of carbonyl (C=O) groups is 2. The molecule has 0 aliphatic carbocycles. The van der Waals surface area contributed by atoms with Gasteiger partial charge in [-0.25, -0.2) is 0 Å². The fraction of sp³-hybridized carbons (Fsp3) is 0.556. The quantitative estimate of drug-likeness (QED) is 0.573. The summed E-state index contributed by atoms with van der Waals surface area (Å²) in [5.74, 6) is -0.441. The minimum atomic E-state index is -1.05. The van der Waals surface area contributed by atoms with Crippen LogP contribution in [0.4, 0.5) is 0 Å². The monoisotopic (exact) mass is 304 g/mol. The minimum absolute atomic E-state index is 0.0812. The second-order valence-electron chi connectivity index (χ2n) is 6.25. The van der Waals surface area contributed by atoms with Crippen LogP contribution in [0.2, 0.25) is 0 Å². The van der Waals surface area contributed by atoms with Gasteiger partial charge in [0, 0.05) is 12.6 Å². The van der Waals surface area contributed by atoms with Crippen LogP contribution in [-0.4, -0.2) is 24.4 Å². The summed E-state index contributed by atoms with van der Waals surface area (Å²) in [4.78, 5) is 24.4. The maximum atomic E-state index is 12.2. The van der Waals surface area contributed by atoms with Gasteiger partial charge in [-0.15, -0.1) is 0 Å². The van der Waals surface area contributed by atoms with Crippen LogP contribution in [0, 0.1) is 5.41 Å². The van der Waals surface area contributed by atoms with E-state index in [9.17, 15) is 9.59 Å². The SMILES string of the molecule is CCC(C)NC(=O)C(C)(C)C(=O)NCCCc1ccccc1. The lowest BCUT2D eigenvalue weighted by Crippen LogP contribution is -2.50. The average molecular weight is 304 g/mol. The molecule has 0 aliphatic rings. The number of hydrogen-bond donors (Lipinski definition) is 2. The van der Waals surface area contributed by atoms with Gasteiger partial charge in [0.05, 0.1) is 0 Å².